The van der Waals surface area contributed by atoms with E-state index in [1.54, 1.807) is 12.3 Å². The third-order valence-electron chi connectivity index (χ3n) is 2.04. The first-order chi connectivity index (χ1) is 7.20. The molecule has 1 saturated heterocycles. The lowest BCUT2D eigenvalue weighted by atomic mass is 10.6. The number of nitrogen functional groups attached to an aromatic ring is 1. The maximum atomic E-state index is 11.4. The fourth-order valence-electron chi connectivity index (χ4n) is 1.33. The van der Waals surface area contributed by atoms with Gasteiger partial charge in [0.1, 0.15) is 17.5 Å². The number of nitrogens with zero attached hydrogens (tertiary/aromatic N) is 2. The van der Waals surface area contributed by atoms with E-state index in [1.807, 2.05) is 0 Å². The minimum absolute atomic E-state index is 0.0572. The van der Waals surface area contributed by atoms with E-state index >= 15 is 0 Å². The molecule has 0 bridgehead atoms. The van der Waals surface area contributed by atoms with Gasteiger partial charge in [-0.3, -0.25) is 4.57 Å². The first-order valence-corrected chi connectivity index (χ1v) is 5.48. The Hall–Kier alpha value is -1.05. The zero-order valence-electron chi connectivity index (χ0n) is 7.87. The Balaban J connectivity index is 2.20. The van der Waals surface area contributed by atoms with Gasteiger partial charge in [-0.15, -0.1) is 11.8 Å². The number of ether oxygens (including phenoxy) is 1. The SMILES string of the molecule is Nc1cc[15n]([C@@H]2CS[C@H](CO)O2)[13c](=O)[15n]1. The average Bonchev–Trinajstić information content (AvgIpc) is 2.66. The van der Waals surface area contributed by atoms with Crippen molar-refractivity contribution in [3.05, 3.63) is 22.7 Å². The molecular formula is C8H11N3O3S. The van der Waals surface area contributed by atoms with Gasteiger partial charge in [-0.2, -0.15) is 4.98 Å². The Morgan fingerprint density at radius 2 is 2.60 bits per heavy atom. The maximum Gasteiger partial charge on any atom is 0.351 e. The molecule has 2 rings (SSSR count). The van der Waals surface area contributed by atoms with Gasteiger partial charge < -0.3 is 15.6 Å². The van der Waals surface area contributed by atoms with Gasteiger partial charge in [-0.1, -0.05) is 0 Å². The largest absolute Gasteiger partial charge is 0.393 e. The summed E-state index contributed by atoms with van der Waals surface area (Å²) in [6.07, 6.45) is 1.18. The molecule has 0 aliphatic carbocycles. The molecule has 0 unspecified atom stereocenters. The quantitative estimate of drug-likeness (QED) is 0.708. The second-order valence-electron chi connectivity index (χ2n) is 3.08. The van der Waals surface area contributed by atoms with E-state index in [1.165, 1.54) is 16.3 Å². The minimum atomic E-state index is -0.431. The van der Waals surface area contributed by atoms with Crippen LogP contribution in [0.5, 0.6) is 0 Å². The number of anilines is 1. The van der Waals surface area contributed by atoms with E-state index in [2.05, 4.69) is 4.98 Å². The summed E-state index contributed by atoms with van der Waals surface area (Å²) in [5.41, 5.74) is 4.67. The second kappa shape index (κ2) is 4.21. The number of aliphatic hydroxyl groups is 1. The van der Waals surface area contributed by atoms with Gasteiger partial charge in [-0.05, 0) is 6.07 Å². The van der Waals surface area contributed by atoms with Crippen molar-refractivity contribution in [1.82, 2.24) is 9.55 Å². The number of aromatic nitrogens is 2. The van der Waals surface area contributed by atoms with Crippen molar-refractivity contribution in [2.45, 2.75) is 11.7 Å². The molecule has 15 heavy (non-hydrogen) atoms. The Morgan fingerprint density at radius 3 is 3.20 bits per heavy atom. The number of aliphatic hydroxyl groups excluding tert-OH is 1. The van der Waals surface area contributed by atoms with Crippen LogP contribution in [0.1, 0.15) is 6.23 Å². The minimum Gasteiger partial charge on any atom is -0.393 e. The zero-order chi connectivity index (χ0) is 10.8. The molecule has 1 aliphatic rings. The molecule has 7 heteroatoms. The molecule has 2 heterocycles. The highest BCUT2D eigenvalue weighted by molar-refractivity contribution is 8.00. The highest BCUT2D eigenvalue weighted by Crippen LogP contribution is 2.30. The highest BCUT2D eigenvalue weighted by Gasteiger charge is 2.27. The van der Waals surface area contributed by atoms with Crippen molar-refractivity contribution < 1.29 is 9.84 Å². The summed E-state index contributed by atoms with van der Waals surface area (Å²) in [7, 11) is 0. The molecular weight excluding hydrogens is 221 g/mol. The summed E-state index contributed by atoms with van der Waals surface area (Å²) in [4.78, 5) is 15.0. The highest BCUT2D eigenvalue weighted by atomic mass is 32.2. The molecule has 82 valence electrons. The molecule has 0 spiro atoms. The van der Waals surface area contributed by atoms with E-state index in [9.17, 15) is 4.79 Å². The average molecular weight is 232 g/mol. The molecule has 3 N–H and O–H groups in total. The van der Waals surface area contributed by atoms with Gasteiger partial charge >= 0.3 is 5.69 Å². The number of thioether (sulfide) groups is 1. The molecule has 1 fully saturated rings. The van der Waals surface area contributed by atoms with Gasteiger partial charge in [0.05, 0.1) is 6.61 Å². The summed E-state index contributed by atoms with van der Waals surface area (Å²) in [6.45, 7) is -0.0572. The van der Waals surface area contributed by atoms with Gasteiger partial charge in [0.2, 0.25) is 0 Å². The first kappa shape index (κ1) is 10.5. The fourth-order valence-corrected chi connectivity index (χ4v) is 2.26. The lowest BCUT2D eigenvalue weighted by Crippen LogP contribution is -2.28. The summed E-state index contributed by atoms with van der Waals surface area (Å²) >= 11 is 1.47. The molecule has 0 amide bonds. The topological polar surface area (TPSA) is 90.4 Å². The van der Waals surface area contributed by atoms with Crippen LogP contribution in [-0.4, -0.2) is 32.5 Å². The van der Waals surface area contributed by atoms with Crippen molar-refractivity contribution in [1.29, 1.82) is 0 Å². The Morgan fingerprint density at radius 1 is 1.80 bits per heavy atom. The molecule has 0 saturated carbocycles. The van der Waals surface area contributed by atoms with Crippen molar-refractivity contribution in [3.8, 4) is 0 Å². The maximum absolute atomic E-state index is 11.4. The van der Waals surface area contributed by atoms with Crippen molar-refractivity contribution in [2.75, 3.05) is 18.1 Å². The van der Waals surface area contributed by atoms with Crippen LogP contribution in [0.4, 0.5) is 5.82 Å². The van der Waals surface area contributed by atoms with E-state index in [-0.39, 0.29) is 24.1 Å². The summed E-state index contributed by atoms with van der Waals surface area (Å²) < 4.78 is 6.79. The molecule has 1 aliphatic heterocycles. The summed E-state index contributed by atoms with van der Waals surface area (Å²) in [5.74, 6) is 0.817. The number of hydrogen-bond acceptors (Lipinski definition) is 6. The van der Waals surface area contributed by atoms with Gasteiger partial charge in [-0.25, -0.2) is 4.79 Å². The molecule has 1 aromatic rings. The number of nitrogens with two attached hydrogens (primary N) is 1. The van der Waals surface area contributed by atoms with E-state index < -0.39 is 5.69 Å². The monoisotopic (exact) mass is 232 g/mol. The van der Waals surface area contributed by atoms with Crippen molar-refractivity contribution in [3.63, 3.8) is 0 Å². The molecule has 6 nitrogen and oxygen atoms in total. The summed E-state index contributed by atoms with van der Waals surface area (Å²) in [6, 6.07) is 1.54. The van der Waals surface area contributed by atoms with Gasteiger partial charge in [0.15, 0.2) is 0 Å². The van der Waals surface area contributed by atoms with Crippen LogP contribution in [0.25, 0.3) is 0 Å². The predicted octanol–water partition coefficient (Wildman–Crippen LogP) is -0.594. The van der Waals surface area contributed by atoms with Crippen LogP contribution in [-0.2, 0) is 4.74 Å². The van der Waals surface area contributed by atoms with Crippen molar-refractivity contribution >= 4 is 17.6 Å². The molecule has 0 radical (unpaired) electrons. The molecule has 1 aromatic heterocycles. The van der Waals surface area contributed by atoms with Crippen molar-refractivity contribution in [2.24, 2.45) is 0 Å². The van der Waals surface area contributed by atoms with E-state index in [4.69, 9.17) is 15.6 Å². The Kier molecular flexibility index (Phi) is 2.94. The predicted molar refractivity (Wildman–Crippen MR) is 56.4 cm³/mol. The lowest BCUT2D eigenvalue weighted by Gasteiger charge is -2.13. The van der Waals surface area contributed by atoms with Gasteiger partial charge in [0, 0.05) is 11.9 Å². The number of rotatable bonds is 2. The summed E-state index contributed by atoms with van der Waals surface area (Å²) in [5, 5.41) is 8.88. The normalized spacial score (nSPS) is 25.7. The van der Waals surface area contributed by atoms with Crippen LogP contribution in [0.15, 0.2) is 17.1 Å². The third kappa shape index (κ3) is 2.14. The fraction of sp³-hybridized carbons (Fsp3) is 0.500. The van der Waals surface area contributed by atoms with E-state index in [0.29, 0.717) is 5.75 Å². The lowest BCUT2D eigenvalue weighted by molar-refractivity contribution is -0.00629. The van der Waals surface area contributed by atoms with Crippen LogP contribution in [0.2, 0.25) is 0 Å². The Labute approximate surface area is 90.1 Å². The smallest absolute Gasteiger partial charge is 0.351 e. The third-order valence-corrected chi connectivity index (χ3v) is 3.15. The van der Waals surface area contributed by atoms with Crippen LogP contribution in [0, 0.1) is 0 Å². The van der Waals surface area contributed by atoms with Crippen LogP contribution in [0.3, 0.4) is 0 Å². The van der Waals surface area contributed by atoms with Crippen LogP contribution >= 0.6 is 11.8 Å². The first-order valence-electron chi connectivity index (χ1n) is 4.43. The van der Waals surface area contributed by atoms with E-state index in [0.717, 1.165) is 0 Å². The molecule has 2 atom stereocenters. The second-order valence-corrected chi connectivity index (χ2v) is 4.27. The Bertz CT molecular complexity index is 408. The zero-order valence-corrected chi connectivity index (χ0v) is 8.68. The van der Waals surface area contributed by atoms with Crippen LogP contribution < -0.4 is 11.4 Å². The van der Waals surface area contributed by atoms with Gasteiger partial charge in [0.25, 0.3) is 0 Å². The molecule has 0 aromatic carbocycles. The standard InChI is InChI=1S/C8H11N3O3S/c9-5-1-2-11(8(13)10-5)6-4-15-7(3-12)14-6/h1-2,6-7,12H,3-4H2,(H2,9,10,13)/t6-,7+/m0/s1/i8+1,10+1,11+1. The number of hydrogen-bond donors (Lipinski definition) is 2.